The van der Waals surface area contributed by atoms with Crippen LogP contribution in [0.3, 0.4) is 0 Å². The lowest BCUT2D eigenvalue weighted by atomic mass is 10.2. The first-order valence-electron chi connectivity index (χ1n) is 3.88. The Labute approximate surface area is 110 Å². The summed E-state index contributed by atoms with van der Waals surface area (Å²) in [5.41, 5.74) is -2.04. The predicted molar refractivity (Wildman–Crippen MR) is 59.5 cm³/mol. The summed E-state index contributed by atoms with van der Waals surface area (Å²) in [4.78, 5) is 3.33. The number of alkyl halides is 6. The molecule has 0 saturated carbocycles. The molecule has 1 rings (SSSR count). The highest BCUT2D eigenvalue weighted by Crippen LogP contribution is 2.35. The highest BCUT2D eigenvalue weighted by atomic mass is 127. The smallest absolute Gasteiger partial charge is 0.249 e. The van der Waals surface area contributed by atoms with Crippen LogP contribution in [0.5, 0.6) is 0 Å². The van der Waals surface area contributed by atoms with Gasteiger partial charge in [0.15, 0.2) is 0 Å². The molecular formula is C8H4BrF5IN. The summed E-state index contributed by atoms with van der Waals surface area (Å²) in [6.07, 6.45) is -7.47. The number of nitrogens with zero attached hydrogens (tertiary/aromatic N) is 1. The molecule has 0 fully saturated rings. The van der Waals surface area contributed by atoms with Gasteiger partial charge < -0.3 is 0 Å². The minimum atomic E-state index is -4.59. The zero-order valence-corrected chi connectivity index (χ0v) is 11.2. The second kappa shape index (κ2) is 5.11. The van der Waals surface area contributed by atoms with Crippen molar-refractivity contribution < 1.29 is 22.0 Å². The van der Waals surface area contributed by atoms with E-state index in [4.69, 9.17) is 0 Å². The molecule has 8 heteroatoms. The minimum Gasteiger partial charge on any atom is -0.249 e. The van der Waals surface area contributed by atoms with E-state index in [0.717, 1.165) is 0 Å². The standard InChI is InChI=1S/C8H4BrF5IN/c9-2-5-3(8(12,13)14)1-4(15)6(16-5)7(10)11/h1,7H,2H2. The molecule has 1 aromatic heterocycles. The average molecular weight is 416 g/mol. The zero-order valence-electron chi connectivity index (χ0n) is 7.45. The van der Waals surface area contributed by atoms with Crippen LogP contribution in [-0.4, -0.2) is 4.98 Å². The van der Waals surface area contributed by atoms with Crippen LogP contribution in [0.4, 0.5) is 22.0 Å². The van der Waals surface area contributed by atoms with Crippen molar-refractivity contribution in [1.82, 2.24) is 4.98 Å². The van der Waals surface area contributed by atoms with E-state index < -0.39 is 29.6 Å². The molecule has 0 amide bonds. The second-order valence-electron chi connectivity index (χ2n) is 2.78. The molecule has 1 aromatic rings. The lowest BCUT2D eigenvalue weighted by molar-refractivity contribution is -0.138. The van der Waals surface area contributed by atoms with Gasteiger partial charge in [-0.1, -0.05) is 15.9 Å². The summed E-state index contributed by atoms with van der Waals surface area (Å²) in [5, 5.41) is -0.224. The van der Waals surface area contributed by atoms with E-state index >= 15 is 0 Å². The van der Waals surface area contributed by atoms with Crippen LogP contribution in [0.1, 0.15) is 23.4 Å². The lowest BCUT2D eigenvalue weighted by Gasteiger charge is -2.13. The lowest BCUT2D eigenvalue weighted by Crippen LogP contribution is -2.12. The van der Waals surface area contributed by atoms with Crippen LogP contribution in [0, 0.1) is 3.57 Å². The maximum Gasteiger partial charge on any atom is 0.418 e. The fourth-order valence-electron chi connectivity index (χ4n) is 1.04. The summed E-state index contributed by atoms with van der Waals surface area (Å²) in [6.45, 7) is 0. The Balaban J connectivity index is 3.38. The van der Waals surface area contributed by atoms with Gasteiger partial charge in [-0.3, -0.25) is 0 Å². The van der Waals surface area contributed by atoms with Crippen LogP contribution in [0.2, 0.25) is 0 Å². The quantitative estimate of drug-likeness (QED) is 0.392. The summed E-state index contributed by atoms with van der Waals surface area (Å²) in [5.74, 6) is 0. The van der Waals surface area contributed by atoms with Gasteiger partial charge in [0.1, 0.15) is 5.69 Å². The minimum absolute atomic E-state index is 0.190. The van der Waals surface area contributed by atoms with E-state index in [1.807, 2.05) is 0 Å². The number of hydrogen-bond donors (Lipinski definition) is 0. The molecule has 0 N–H and O–H groups in total. The molecule has 90 valence electrons. The van der Waals surface area contributed by atoms with Crippen LogP contribution in [0.15, 0.2) is 6.07 Å². The second-order valence-corrected chi connectivity index (χ2v) is 4.50. The van der Waals surface area contributed by atoms with E-state index in [0.29, 0.717) is 6.07 Å². The van der Waals surface area contributed by atoms with Crippen molar-refractivity contribution in [2.45, 2.75) is 17.9 Å². The van der Waals surface area contributed by atoms with E-state index in [1.54, 1.807) is 0 Å². The van der Waals surface area contributed by atoms with Crippen molar-refractivity contribution in [1.29, 1.82) is 0 Å². The summed E-state index contributed by atoms with van der Waals surface area (Å²) in [7, 11) is 0. The number of hydrogen-bond acceptors (Lipinski definition) is 1. The van der Waals surface area contributed by atoms with Crippen molar-refractivity contribution >= 4 is 38.5 Å². The molecule has 0 spiro atoms. The van der Waals surface area contributed by atoms with Crippen molar-refractivity contribution in [2.24, 2.45) is 0 Å². The van der Waals surface area contributed by atoms with Gasteiger partial charge >= 0.3 is 6.18 Å². The highest BCUT2D eigenvalue weighted by molar-refractivity contribution is 14.1. The Morgan fingerprint density at radius 3 is 2.31 bits per heavy atom. The van der Waals surface area contributed by atoms with Gasteiger partial charge in [0.05, 0.1) is 11.3 Å². The molecular weight excluding hydrogens is 412 g/mol. The SMILES string of the molecule is FC(F)c1nc(CBr)c(C(F)(F)F)cc1I. The summed E-state index contributed by atoms with van der Waals surface area (Å²) >= 11 is 4.22. The van der Waals surface area contributed by atoms with Gasteiger partial charge in [0, 0.05) is 8.90 Å². The first-order chi connectivity index (χ1) is 7.27. The molecule has 0 unspecified atom stereocenters. The van der Waals surface area contributed by atoms with Crippen molar-refractivity contribution in [3.8, 4) is 0 Å². The fraction of sp³-hybridized carbons (Fsp3) is 0.375. The molecule has 0 atom stereocenters. The molecule has 1 nitrogen and oxygen atoms in total. The molecule has 0 radical (unpaired) electrons. The number of halogens is 7. The van der Waals surface area contributed by atoms with Crippen LogP contribution in [0.25, 0.3) is 0 Å². The Bertz CT molecular complexity index is 393. The Kier molecular flexibility index (Phi) is 4.49. The van der Waals surface area contributed by atoms with E-state index in [2.05, 4.69) is 20.9 Å². The van der Waals surface area contributed by atoms with Crippen LogP contribution >= 0.6 is 38.5 Å². The van der Waals surface area contributed by atoms with Crippen molar-refractivity contribution in [3.05, 3.63) is 26.6 Å². The van der Waals surface area contributed by atoms with E-state index in [1.165, 1.54) is 22.6 Å². The zero-order chi connectivity index (χ0) is 12.5. The number of rotatable bonds is 2. The predicted octanol–water partition coefficient (Wildman–Crippen LogP) is 4.54. The van der Waals surface area contributed by atoms with Crippen molar-refractivity contribution in [2.75, 3.05) is 0 Å². The molecule has 0 bridgehead atoms. The molecule has 0 aliphatic rings. The van der Waals surface area contributed by atoms with Crippen LogP contribution < -0.4 is 0 Å². The molecule has 0 aromatic carbocycles. The molecule has 0 aliphatic carbocycles. The third-order valence-corrected chi connectivity index (χ3v) is 3.12. The highest BCUT2D eigenvalue weighted by Gasteiger charge is 2.35. The van der Waals surface area contributed by atoms with Crippen molar-refractivity contribution in [3.63, 3.8) is 0 Å². The van der Waals surface area contributed by atoms with E-state index in [9.17, 15) is 22.0 Å². The van der Waals surface area contributed by atoms with Gasteiger partial charge in [-0.25, -0.2) is 13.8 Å². The summed E-state index contributed by atoms with van der Waals surface area (Å²) in [6, 6.07) is 0.686. The normalized spacial score (nSPS) is 12.2. The fourth-order valence-corrected chi connectivity index (χ4v) is 2.14. The molecule has 0 aliphatic heterocycles. The topological polar surface area (TPSA) is 12.9 Å². The third-order valence-electron chi connectivity index (χ3n) is 1.72. The summed E-state index contributed by atoms with van der Waals surface area (Å²) < 4.78 is 62.1. The maximum absolute atomic E-state index is 12.5. The monoisotopic (exact) mass is 415 g/mol. The Morgan fingerprint density at radius 2 is 1.94 bits per heavy atom. The van der Waals surface area contributed by atoms with Gasteiger partial charge in [0.2, 0.25) is 0 Å². The Hall–Kier alpha value is 0.01000. The third kappa shape index (κ3) is 3.02. The first-order valence-corrected chi connectivity index (χ1v) is 6.08. The Morgan fingerprint density at radius 1 is 1.38 bits per heavy atom. The maximum atomic E-state index is 12.5. The first kappa shape index (κ1) is 14.1. The van der Waals surface area contributed by atoms with Gasteiger partial charge in [-0.2, -0.15) is 13.2 Å². The molecule has 0 saturated heterocycles. The molecule has 16 heavy (non-hydrogen) atoms. The molecule has 1 heterocycles. The number of aromatic nitrogens is 1. The van der Waals surface area contributed by atoms with E-state index in [-0.39, 0.29) is 8.90 Å². The van der Waals surface area contributed by atoms with Gasteiger partial charge in [-0.15, -0.1) is 0 Å². The van der Waals surface area contributed by atoms with Gasteiger partial charge in [-0.05, 0) is 28.7 Å². The number of pyridine rings is 1. The van der Waals surface area contributed by atoms with Crippen LogP contribution in [-0.2, 0) is 11.5 Å². The average Bonchev–Trinajstić information content (AvgIpc) is 2.15. The largest absolute Gasteiger partial charge is 0.418 e. The van der Waals surface area contributed by atoms with Gasteiger partial charge in [0.25, 0.3) is 6.43 Å².